The fourth-order valence-electron chi connectivity index (χ4n) is 3.05. The van der Waals surface area contributed by atoms with Gasteiger partial charge in [-0.1, -0.05) is 24.3 Å². The molecule has 3 rings (SSSR count). The van der Waals surface area contributed by atoms with Gasteiger partial charge >= 0.3 is 6.36 Å². The molecular formula is C23H22F3N3O3. The lowest BCUT2D eigenvalue weighted by atomic mass is 9.96. The zero-order valence-electron chi connectivity index (χ0n) is 17.4. The minimum absolute atomic E-state index is 0.313. The number of anilines is 2. The van der Waals surface area contributed by atoms with Crippen LogP contribution >= 0.6 is 0 Å². The molecule has 0 aliphatic heterocycles. The number of hydrogen-bond donors (Lipinski definition) is 3. The summed E-state index contributed by atoms with van der Waals surface area (Å²) >= 11 is 0. The van der Waals surface area contributed by atoms with E-state index in [1.54, 1.807) is 44.2 Å². The van der Waals surface area contributed by atoms with Crippen molar-refractivity contribution >= 4 is 17.4 Å². The topological polar surface area (TPSA) is 83.5 Å². The number of amides is 1. The molecule has 0 spiro atoms. The van der Waals surface area contributed by atoms with Gasteiger partial charge in [0.15, 0.2) is 0 Å². The molecule has 168 valence electrons. The summed E-state index contributed by atoms with van der Waals surface area (Å²) in [6, 6.07) is 14.0. The van der Waals surface area contributed by atoms with E-state index in [0.717, 1.165) is 0 Å². The monoisotopic (exact) mass is 445 g/mol. The number of aliphatic hydroxyl groups excluding tert-OH is 1. The van der Waals surface area contributed by atoms with Gasteiger partial charge in [0.2, 0.25) is 0 Å². The predicted molar refractivity (Wildman–Crippen MR) is 116 cm³/mol. The Morgan fingerprint density at radius 2 is 1.84 bits per heavy atom. The maximum absolute atomic E-state index is 12.8. The van der Waals surface area contributed by atoms with Crippen molar-refractivity contribution in [3.05, 3.63) is 71.9 Å². The van der Waals surface area contributed by atoms with Gasteiger partial charge in [-0.2, -0.15) is 0 Å². The smallest absolute Gasteiger partial charge is 0.406 e. The first-order chi connectivity index (χ1) is 15.1. The molecule has 6 nitrogen and oxygen atoms in total. The first kappa shape index (κ1) is 23.1. The third-order valence-electron chi connectivity index (χ3n) is 4.58. The van der Waals surface area contributed by atoms with Crippen molar-refractivity contribution in [1.82, 2.24) is 4.98 Å². The van der Waals surface area contributed by atoms with Crippen molar-refractivity contribution in [2.75, 3.05) is 17.2 Å². The lowest BCUT2D eigenvalue weighted by Gasteiger charge is -2.13. The maximum Gasteiger partial charge on any atom is 0.573 e. The van der Waals surface area contributed by atoms with Crippen LogP contribution in [0.25, 0.3) is 11.1 Å². The lowest BCUT2D eigenvalue weighted by Crippen LogP contribution is -2.17. The van der Waals surface area contributed by atoms with Gasteiger partial charge in [-0.25, -0.2) is 4.98 Å². The summed E-state index contributed by atoms with van der Waals surface area (Å²) in [5.74, 6) is -0.0837. The number of hydrogen-bond acceptors (Lipinski definition) is 5. The number of rotatable bonds is 7. The van der Waals surface area contributed by atoms with Gasteiger partial charge in [0.05, 0.1) is 18.0 Å². The number of aromatic nitrogens is 1. The molecular weight excluding hydrogens is 423 g/mol. The van der Waals surface area contributed by atoms with Gasteiger partial charge < -0.3 is 20.5 Å². The van der Waals surface area contributed by atoms with Crippen LogP contribution in [-0.4, -0.2) is 35.0 Å². The van der Waals surface area contributed by atoms with Crippen LogP contribution in [0.2, 0.25) is 0 Å². The Labute approximate surface area is 183 Å². The van der Waals surface area contributed by atoms with Crippen LogP contribution in [-0.2, 0) is 0 Å². The predicted octanol–water partition coefficient (Wildman–Crippen LogP) is 5.00. The molecule has 3 aromatic rings. The number of alkyl halides is 3. The molecule has 0 aliphatic carbocycles. The Bertz CT molecular complexity index is 1070. The number of pyridine rings is 1. The number of aliphatic hydroxyl groups is 1. The Morgan fingerprint density at radius 3 is 2.44 bits per heavy atom. The summed E-state index contributed by atoms with van der Waals surface area (Å²) in [6.45, 7) is 3.78. The zero-order valence-corrected chi connectivity index (χ0v) is 17.4. The Balaban J connectivity index is 1.74. The van der Waals surface area contributed by atoms with E-state index in [1.165, 1.54) is 30.5 Å². The number of halogens is 3. The molecule has 0 aliphatic rings. The largest absolute Gasteiger partial charge is 0.573 e. The standard InChI is InChI=1S/C23H22F3N3O3/c1-14(30)12-27-21-11-8-17(13-28-21)29-22(31)20-5-3-4-19(15(20)2)16-6-9-18(10-7-16)32-23(24,25)26/h3-11,13-14,30H,12H2,1-2H3,(H,27,28)(H,29,31). The van der Waals surface area contributed by atoms with Crippen LogP contribution in [0.5, 0.6) is 5.75 Å². The zero-order chi connectivity index (χ0) is 23.3. The highest BCUT2D eigenvalue weighted by Crippen LogP contribution is 2.29. The highest BCUT2D eigenvalue weighted by molar-refractivity contribution is 6.06. The van der Waals surface area contributed by atoms with Crippen LogP contribution in [0, 0.1) is 6.92 Å². The minimum Gasteiger partial charge on any atom is -0.406 e. The van der Waals surface area contributed by atoms with Crippen LogP contribution in [0.1, 0.15) is 22.8 Å². The third-order valence-corrected chi connectivity index (χ3v) is 4.58. The van der Waals surface area contributed by atoms with Crippen molar-refractivity contribution in [2.45, 2.75) is 26.3 Å². The molecule has 1 atom stereocenters. The molecule has 2 aromatic carbocycles. The van der Waals surface area contributed by atoms with Gasteiger partial charge in [-0.3, -0.25) is 4.79 Å². The molecule has 32 heavy (non-hydrogen) atoms. The van der Waals surface area contributed by atoms with Crippen molar-refractivity contribution in [1.29, 1.82) is 0 Å². The fraction of sp³-hybridized carbons (Fsp3) is 0.217. The first-order valence-corrected chi connectivity index (χ1v) is 9.77. The quantitative estimate of drug-likeness (QED) is 0.477. The summed E-state index contributed by atoms with van der Waals surface area (Å²) in [4.78, 5) is 17.0. The molecule has 0 bridgehead atoms. The SMILES string of the molecule is Cc1c(C(=O)Nc2ccc(NCC(C)O)nc2)cccc1-c1ccc(OC(F)(F)F)cc1. The van der Waals surface area contributed by atoms with Crippen LogP contribution < -0.4 is 15.4 Å². The second-order valence-electron chi connectivity index (χ2n) is 7.17. The molecule has 0 saturated carbocycles. The van der Waals surface area contributed by atoms with Crippen molar-refractivity contribution < 1.29 is 27.8 Å². The average molecular weight is 445 g/mol. The molecule has 1 aromatic heterocycles. The Morgan fingerprint density at radius 1 is 1.12 bits per heavy atom. The summed E-state index contributed by atoms with van der Waals surface area (Å²) in [6.07, 6.45) is -3.77. The highest BCUT2D eigenvalue weighted by atomic mass is 19.4. The van der Waals surface area contributed by atoms with Crippen LogP contribution in [0.3, 0.4) is 0 Å². The number of ether oxygens (including phenoxy) is 1. The summed E-state index contributed by atoms with van der Waals surface area (Å²) in [5, 5.41) is 15.0. The molecule has 3 N–H and O–H groups in total. The van der Waals surface area contributed by atoms with E-state index < -0.39 is 12.5 Å². The molecule has 1 heterocycles. The second kappa shape index (κ2) is 9.69. The fourth-order valence-corrected chi connectivity index (χ4v) is 3.05. The molecule has 1 unspecified atom stereocenters. The molecule has 0 saturated heterocycles. The van der Waals surface area contributed by atoms with Gasteiger partial charge in [0.25, 0.3) is 5.91 Å². The summed E-state index contributed by atoms with van der Waals surface area (Å²) in [5.41, 5.74) is 2.97. The maximum atomic E-state index is 12.8. The number of benzene rings is 2. The van der Waals surface area contributed by atoms with E-state index >= 15 is 0 Å². The number of carbonyl (C=O) groups is 1. The number of nitrogens with zero attached hydrogens (tertiary/aromatic N) is 1. The van der Waals surface area contributed by atoms with E-state index in [4.69, 9.17) is 0 Å². The van der Waals surface area contributed by atoms with Crippen molar-refractivity contribution in [3.63, 3.8) is 0 Å². The van der Waals surface area contributed by atoms with E-state index in [2.05, 4.69) is 20.4 Å². The van der Waals surface area contributed by atoms with Gasteiger partial charge in [0, 0.05) is 12.1 Å². The van der Waals surface area contributed by atoms with E-state index in [-0.39, 0.29) is 11.7 Å². The Kier molecular flexibility index (Phi) is 6.99. The molecule has 0 radical (unpaired) electrons. The van der Waals surface area contributed by atoms with Crippen molar-refractivity contribution in [2.24, 2.45) is 0 Å². The van der Waals surface area contributed by atoms with E-state index in [9.17, 15) is 23.1 Å². The summed E-state index contributed by atoms with van der Waals surface area (Å²) in [7, 11) is 0. The van der Waals surface area contributed by atoms with E-state index in [0.29, 0.717) is 40.3 Å². The number of nitrogens with one attached hydrogen (secondary N) is 2. The van der Waals surface area contributed by atoms with Gasteiger partial charge in [-0.15, -0.1) is 13.2 Å². The summed E-state index contributed by atoms with van der Waals surface area (Å²) < 4.78 is 41.0. The Hall–Kier alpha value is -3.59. The van der Waals surface area contributed by atoms with Crippen molar-refractivity contribution in [3.8, 4) is 16.9 Å². The van der Waals surface area contributed by atoms with E-state index in [1.807, 2.05) is 0 Å². The van der Waals surface area contributed by atoms with Crippen LogP contribution in [0.4, 0.5) is 24.7 Å². The van der Waals surface area contributed by atoms with Gasteiger partial charge in [0.1, 0.15) is 11.6 Å². The molecule has 9 heteroatoms. The second-order valence-corrected chi connectivity index (χ2v) is 7.17. The molecule has 1 amide bonds. The highest BCUT2D eigenvalue weighted by Gasteiger charge is 2.31. The molecule has 0 fully saturated rings. The minimum atomic E-state index is -4.75. The third kappa shape index (κ3) is 6.21. The van der Waals surface area contributed by atoms with Crippen LogP contribution in [0.15, 0.2) is 60.8 Å². The number of carbonyl (C=O) groups excluding carboxylic acids is 1. The van der Waals surface area contributed by atoms with Gasteiger partial charge in [-0.05, 0) is 60.9 Å². The first-order valence-electron chi connectivity index (χ1n) is 9.77. The lowest BCUT2D eigenvalue weighted by molar-refractivity contribution is -0.274. The average Bonchev–Trinajstić information content (AvgIpc) is 2.73. The normalized spacial score (nSPS) is 12.2.